The second-order valence-corrected chi connectivity index (χ2v) is 13.6. The summed E-state index contributed by atoms with van der Waals surface area (Å²) in [6.45, 7) is 12.2. The van der Waals surface area contributed by atoms with Crippen LogP contribution in [0.2, 0.25) is 0 Å². The molecule has 2 amide bonds. The summed E-state index contributed by atoms with van der Waals surface area (Å²) >= 11 is 1.33. The number of nitrogens with one attached hydrogen (secondary N) is 2. The predicted octanol–water partition coefficient (Wildman–Crippen LogP) is 2.91. The largest absolute Gasteiger partial charge is 0.444 e. The molecule has 1 atom stereocenters. The SMILES string of the molecule is CCc1cc(C(=O)N[C@@H]2CCN(S(=O)(=O)N3CCC(NC(=O)OC(C)(C)C)CC3)C(C)(C)C2)ns1. The van der Waals surface area contributed by atoms with Crippen molar-refractivity contribution in [1.82, 2.24) is 23.6 Å². The van der Waals surface area contributed by atoms with E-state index in [4.69, 9.17) is 4.74 Å². The smallest absolute Gasteiger partial charge is 0.407 e. The number of rotatable bonds is 6. The zero-order valence-electron chi connectivity index (χ0n) is 21.6. The third kappa shape index (κ3) is 7.14. The van der Waals surface area contributed by atoms with E-state index in [1.54, 1.807) is 25.1 Å². The quantitative estimate of drug-likeness (QED) is 0.585. The second kappa shape index (κ2) is 10.7. The van der Waals surface area contributed by atoms with E-state index in [-0.39, 0.29) is 18.0 Å². The first-order valence-corrected chi connectivity index (χ1v) is 14.4. The number of hydrogen-bond acceptors (Lipinski definition) is 7. The van der Waals surface area contributed by atoms with Gasteiger partial charge in [-0.2, -0.15) is 21.4 Å². The summed E-state index contributed by atoms with van der Waals surface area (Å²) in [7, 11) is -3.68. The van der Waals surface area contributed by atoms with E-state index >= 15 is 0 Å². The molecule has 2 aliphatic rings. The van der Waals surface area contributed by atoms with E-state index in [1.807, 2.05) is 26.8 Å². The first kappa shape index (κ1) is 27.8. The first-order valence-electron chi connectivity index (χ1n) is 12.2. The van der Waals surface area contributed by atoms with E-state index in [2.05, 4.69) is 15.0 Å². The van der Waals surface area contributed by atoms with Gasteiger partial charge in [-0.15, -0.1) is 0 Å². The molecule has 198 valence electrons. The molecule has 2 fully saturated rings. The number of nitrogens with zero attached hydrogens (tertiary/aromatic N) is 3. The maximum absolute atomic E-state index is 13.5. The van der Waals surface area contributed by atoms with Crippen LogP contribution in [0.3, 0.4) is 0 Å². The number of piperidine rings is 2. The highest BCUT2D eigenvalue weighted by molar-refractivity contribution is 7.86. The van der Waals surface area contributed by atoms with Gasteiger partial charge in [0.1, 0.15) is 11.3 Å². The van der Waals surface area contributed by atoms with Gasteiger partial charge in [-0.1, -0.05) is 6.92 Å². The lowest BCUT2D eigenvalue weighted by Crippen LogP contribution is -2.61. The van der Waals surface area contributed by atoms with Crippen LogP contribution in [0, 0.1) is 0 Å². The van der Waals surface area contributed by atoms with Gasteiger partial charge in [0.25, 0.3) is 16.1 Å². The summed E-state index contributed by atoms with van der Waals surface area (Å²) in [5.41, 5.74) is -0.816. The molecule has 35 heavy (non-hydrogen) atoms. The van der Waals surface area contributed by atoms with Crippen LogP contribution in [-0.2, 0) is 21.4 Å². The van der Waals surface area contributed by atoms with Crippen molar-refractivity contribution < 1.29 is 22.7 Å². The first-order chi connectivity index (χ1) is 16.2. The number of carbonyl (C=O) groups excluding carboxylic acids is 2. The summed E-state index contributed by atoms with van der Waals surface area (Å²) in [5.74, 6) is -0.211. The Hall–Kier alpha value is -1.76. The van der Waals surface area contributed by atoms with Gasteiger partial charge in [0.15, 0.2) is 0 Å². The Morgan fingerprint density at radius 3 is 2.31 bits per heavy atom. The zero-order chi connectivity index (χ0) is 26.0. The van der Waals surface area contributed by atoms with Gasteiger partial charge in [0.05, 0.1) is 0 Å². The fourth-order valence-electron chi connectivity index (χ4n) is 4.62. The molecule has 10 nitrogen and oxygen atoms in total. The second-order valence-electron chi connectivity index (χ2n) is 10.9. The topological polar surface area (TPSA) is 121 Å². The Bertz CT molecular complexity index is 1010. The van der Waals surface area contributed by atoms with Gasteiger partial charge in [0.2, 0.25) is 0 Å². The van der Waals surface area contributed by atoms with Crippen molar-refractivity contribution in [3.63, 3.8) is 0 Å². The molecule has 12 heteroatoms. The monoisotopic (exact) mass is 529 g/mol. The highest BCUT2D eigenvalue weighted by atomic mass is 32.2. The normalized spacial score (nSPS) is 22.5. The Morgan fingerprint density at radius 2 is 1.77 bits per heavy atom. The van der Waals surface area contributed by atoms with Gasteiger partial charge < -0.3 is 15.4 Å². The van der Waals surface area contributed by atoms with Crippen molar-refractivity contribution in [1.29, 1.82) is 0 Å². The van der Waals surface area contributed by atoms with E-state index in [0.717, 1.165) is 11.3 Å². The van der Waals surface area contributed by atoms with Gasteiger partial charge in [-0.05, 0) is 84.3 Å². The molecule has 0 radical (unpaired) electrons. The van der Waals surface area contributed by atoms with Crippen LogP contribution in [0.1, 0.15) is 82.6 Å². The van der Waals surface area contributed by atoms with Crippen molar-refractivity contribution >= 4 is 33.7 Å². The molecule has 2 N–H and O–H groups in total. The van der Waals surface area contributed by atoms with Crippen LogP contribution >= 0.6 is 11.5 Å². The lowest BCUT2D eigenvalue weighted by Gasteiger charge is -2.47. The van der Waals surface area contributed by atoms with E-state index in [9.17, 15) is 18.0 Å². The molecule has 3 heterocycles. The van der Waals surface area contributed by atoms with Gasteiger partial charge in [-0.3, -0.25) is 4.79 Å². The number of alkyl carbamates (subject to hydrolysis) is 1. The minimum Gasteiger partial charge on any atom is -0.444 e. The molecule has 1 aromatic heterocycles. The molecule has 3 rings (SSSR count). The lowest BCUT2D eigenvalue weighted by atomic mass is 9.89. The van der Waals surface area contributed by atoms with Crippen LogP contribution in [0.25, 0.3) is 0 Å². The zero-order valence-corrected chi connectivity index (χ0v) is 23.2. The van der Waals surface area contributed by atoms with Crippen molar-refractivity contribution in [2.24, 2.45) is 0 Å². The number of hydrogen-bond donors (Lipinski definition) is 2. The number of amides is 2. The summed E-state index contributed by atoms with van der Waals surface area (Å²) in [5, 5.41) is 5.88. The van der Waals surface area contributed by atoms with Crippen molar-refractivity contribution in [2.45, 2.75) is 96.9 Å². The standard InChI is InChI=1S/C23H39N5O5S2/c1-7-18-14-19(26-34-18)20(29)24-17-10-13-28(23(5,6)15-17)35(31,32)27-11-8-16(9-12-27)25-21(30)33-22(2,3)4/h14,16-17H,7-13,15H2,1-6H3,(H,24,29)(H,25,30)/t17-/m1/s1. The number of aryl methyl sites for hydroxylation is 1. The Labute approximate surface area is 213 Å². The fourth-order valence-corrected chi connectivity index (χ4v) is 7.25. The predicted molar refractivity (Wildman–Crippen MR) is 136 cm³/mol. The average molecular weight is 530 g/mol. The Kier molecular flexibility index (Phi) is 8.50. The Balaban J connectivity index is 1.55. The fraction of sp³-hybridized carbons (Fsp3) is 0.783. The molecule has 2 aliphatic heterocycles. The maximum Gasteiger partial charge on any atom is 0.407 e. The number of aromatic nitrogens is 1. The summed E-state index contributed by atoms with van der Waals surface area (Å²) < 4.78 is 39.6. The Morgan fingerprint density at radius 1 is 1.14 bits per heavy atom. The third-order valence-corrected chi connectivity index (χ3v) is 9.54. The summed E-state index contributed by atoms with van der Waals surface area (Å²) in [6, 6.07) is 1.56. The van der Waals surface area contributed by atoms with Crippen molar-refractivity contribution in [3.8, 4) is 0 Å². The molecule has 2 saturated heterocycles. The van der Waals surface area contributed by atoms with E-state index < -0.39 is 27.4 Å². The minimum atomic E-state index is -3.68. The molecule has 1 aromatic rings. The van der Waals surface area contributed by atoms with Crippen LogP contribution in [0.5, 0.6) is 0 Å². The number of ether oxygens (including phenoxy) is 1. The van der Waals surface area contributed by atoms with Gasteiger partial charge in [0, 0.05) is 42.1 Å². The van der Waals surface area contributed by atoms with E-state index in [0.29, 0.717) is 51.0 Å². The molecule has 0 aliphatic carbocycles. The molecule has 0 aromatic carbocycles. The minimum absolute atomic E-state index is 0.121. The van der Waals surface area contributed by atoms with Gasteiger partial charge in [-0.25, -0.2) is 4.79 Å². The molecule has 0 saturated carbocycles. The molecule has 0 bridgehead atoms. The van der Waals surface area contributed by atoms with Gasteiger partial charge >= 0.3 is 6.09 Å². The third-order valence-electron chi connectivity index (χ3n) is 6.36. The molecular formula is C23H39N5O5S2. The van der Waals surface area contributed by atoms with Crippen LogP contribution in [-0.4, -0.2) is 76.3 Å². The molecule has 0 spiro atoms. The highest BCUT2D eigenvalue weighted by Crippen LogP contribution is 2.33. The van der Waals surface area contributed by atoms with Crippen LogP contribution < -0.4 is 10.6 Å². The lowest BCUT2D eigenvalue weighted by molar-refractivity contribution is 0.0488. The van der Waals surface area contributed by atoms with Crippen LogP contribution in [0.4, 0.5) is 4.79 Å². The summed E-state index contributed by atoms with van der Waals surface area (Å²) in [6.07, 6.45) is 2.46. The number of carbonyl (C=O) groups is 2. The molecule has 0 unspecified atom stereocenters. The average Bonchev–Trinajstić information content (AvgIpc) is 3.21. The van der Waals surface area contributed by atoms with E-state index in [1.165, 1.54) is 15.8 Å². The molecular weight excluding hydrogens is 490 g/mol. The summed E-state index contributed by atoms with van der Waals surface area (Å²) in [4.78, 5) is 25.7. The van der Waals surface area contributed by atoms with Crippen molar-refractivity contribution in [2.75, 3.05) is 19.6 Å². The van der Waals surface area contributed by atoms with Crippen LogP contribution in [0.15, 0.2) is 6.07 Å². The maximum atomic E-state index is 13.5. The van der Waals surface area contributed by atoms with Crippen molar-refractivity contribution in [3.05, 3.63) is 16.6 Å². The highest BCUT2D eigenvalue weighted by Gasteiger charge is 2.45.